The average molecular weight is 445 g/mol. The molecule has 0 spiro atoms. The normalized spacial score (nSPS) is 12.2. The number of anilines is 1. The lowest BCUT2D eigenvalue weighted by atomic mass is 10.0. The summed E-state index contributed by atoms with van der Waals surface area (Å²) in [5, 5.41) is 7.59. The van der Waals surface area contributed by atoms with Gasteiger partial charge < -0.3 is 5.32 Å². The molecule has 0 aliphatic rings. The monoisotopic (exact) mass is 444 g/mol. The van der Waals surface area contributed by atoms with Crippen LogP contribution in [0.25, 0.3) is 32.6 Å². The van der Waals surface area contributed by atoms with Gasteiger partial charge in [-0.3, -0.25) is 4.68 Å². The highest BCUT2D eigenvalue weighted by molar-refractivity contribution is 7.16. The first-order valence-corrected chi connectivity index (χ1v) is 11.1. The maximum absolute atomic E-state index is 14.5. The smallest absolute Gasteiger partial charge is 0.131 e. The third kappa shape index (κ3) is 3.97. The number of halogens is 1. The van der Waals surface area contributed by atoms with E-state index in [1.54, 1.807) is 34.5 Å². The largest absolute Gasteiger partial charge is 0.363 e. The standard InChI is InChI=1S/C24H21FN6S/c1-14(16-4-6-20(25)19(8-16)18-11-27-31(3)12-18)28-24-10-22(29-15(2)30-24)17-5-7-21-23(9-17)32-13-26-21/h4-14H,1-3H3,(H,28,29,30). The lowest BCUT2D eigenvalue weighted by Crippen LogP contribution is -2.09. The highest BCUT2D eigenvalue weighted by Crippen LogP contribution is 2.29. The Morgan fingerprint density at radius 2 is 1.94 bits per heavy atom. The van der Waals surface area contributed by atoms with Gasteiger partial charge in [-0.2, -0.15) is 5.10 Å². The Bertz CT molecular complexity index is 1420. The molecule has 0 radical (unpaired) electrons. The van der Waals surface area contributed by atoms with Crippen LogP contribution in [0.1, 0.15) is 24.4 Å². The van der Waals surface area contributed by atoms with Gasteiger partial charge in [0.1, 0.15) is 17.5 Å². The minimum atomic E-state index is -0.271. The summed E-state index contributed by atoms with van der Waals surface area (Å²) in [6, 6.07) is 13.1. The van der Waals surface area contributed by atoms with Crippen LogP contribution in [0.15, 0.2) is 60.4 Å². The highest BCUT2D eigenvalue weighted by atomic mass is 32.1. The van der Waals surface area contributed by atoms with E-state index in [4.69, 9.17) is 0 Å². The molecule has 5 rings (SSSR count). The highest BCUT2D eigenvalue weighted by Gasteiger charge is 2.14. The van der Waals surface area contributed by atoms with Crippen LogP contribution in [0.5, 0.6) is 0 Å². The molecule has 0 aliphatic carbocycles. The summed E-state index contributed by atoms with van der Waals surface area (Å²) in [5.41, 5.74) is 6.92. The first kappa shape index (κ1) is 20.3. The number of aryl methyl sites for hydroxylation is 2. The zero-order valence-electron chi connectivity index (χ0n) is 17.9. The summed E-state index contributed by atoms with van der Waals surface area (Å²) in [6.07, 6.45) is 3.47. The summed E-state index contributed by atoms with van der Waals surface area (Å²) in [4.78, 5) is 13.5. The van der Waals surface area contributed by atoms with Crippen LogP contribution in [0.2, 0.25) is 0 Å². The van der Waals surface area contributed by atoms with Crippen LogP contribution < -0.4 is 5.32 Å². The Balaban J connectivity index is 1.44. The third-order valence-electron chi connectivity index (χ3n) is 5.34. The quantitative estimate of drug-likeness (QED) is 0.372. The van der Waals surface area contributed by atoms with E-state index in [9.17, 15) is 4.39 Å². The van der Waals surface area contributed by atoms with E-state index in [1.165, 1.54) is 6.07 Å². The number of nitrogens with zero attached hydrogens (tertiary/aromatic N) is 5. The predicted molar refractivity (Wildman–Crippen MR) is 126 cm³/mol. The third-order valence-corrected chi connectivity index (χ3v) is 6.13. The Hall–Kier alpha value is -3.65. The van der Waals surface area contributed by atoms with Gasteiger partial charge in [0.15, 0.2) is 0 Å². The minimum Gasteiger partial charge on any atom is -0.363 e. The summed E-state index contributed by atoms with van der Waals surface area (Å²) < 4.78 is 17.2. The van der Waals surface area contributed by atoms with E-state index < -0.39 is 0 Å². The van der Waals surface area contributed by atoms with Crippen molar-refractivity contribution in [2.45, 2.75) is 19.9 Å². The Morgan fingerprint density at radius 3 is 2.75 bits per heavy atom. The van der Waals surface area contributed by atoms with Gasteiger partial charge in [-0.1, -0.05) is 12.1 Å². The van der Waals surface area contributed by atoms with E-state index in [1.807, 2.05) is 50.7 Å². The van der Waals surface area contributed by atoms with Gasteiger partial charge in [-0.05, 0) is 43.7 Å². The average Bonchev–Trinajstić information content (AvgIpc) is 3.41. The lowest BCUT2D eigenvalue weighted by molar-refractivity contribution is 0.630. The van der Waals surface area contributed by atoms with Crippen LogP contribution in [0.4, 0.5) is 10.2 Å². The van der Waals surface area contributed by atoms with E-state index in [2.05, 4.69) is 31.4 Å². The van der Waals surface area contributed by atoms with Crippen molar-refractivity contribution in [1.82, 2.24) is 24.7 Å². The fourth-order valence-electron chi connectivity index (χ4n) is 3.70. The summed E-state index contributed by atoms with van der Waals surface area (Å²) in [7, 11) is 1.82. The second-order valence-electron chi connectivity index (χ2n) is 7.73. The molecule has 0 bridgehead atoms. The molecule has 0 fully saturated rings. The van der Waals surface area contributed by atoms with Gasteiger partial charge in [0, 0.05) is 42.0 Å². The lowest BCUT2D eigenvalue weighted by Gasteiger charge is -2.17. The number of fused-ring (bicyclic) bond motifs is 1. The Kier molecular flexibility index (Phi) is 5.14. The van der Waals surface area contributed by atoms with Crippen LogP contribution in [-0.2, 0) is 7.05 Å². The number of hydrogen-bond acceptors (Lipinski definition) is 6. The first-order valence-electron chi connectivity index (χ1n) is 10.2. The predicted octanol–water partition coefficient (Wildman–Crippen LogP) is 5.77. The summed E-state index contributed by atoms with van der Waals surface area (Å²) >= 11 is 1.61. The minimum absolute atomic E-state index is 0.0860. The van der Waals surface area contributed by atoms with Crippen molar-refractivity contribution >= 4 is 27.4 Å². The number of aromatic nitrogens is 5. The van der Waals surface area contributed by atoms with E-state index >= 15 is 0 Å². The summed E-state index contributed by atoms with van der Waals surface area (Å²) in [5.74, 6) is 1.13. The number of thiazole rings is 1. The molecular weight excluding hydrogens is 423 g/mol. The van der Waals surface area contributed by atoms with E-state index in [0.29, 0.717) is 11.4 Å². The zero-order chi connectivity index (χ0) is 22.2. The van der Waals surface area contributed by atoms with Crippen molar-refractivity contribution in [2.75, 3.05) is 5.32 Å². The number of hydrogen-bond donors (Lipinski definition) is 1. The van der Waals surface area contributed by atoms with Crippen molar-refractivity contribution in [1.29, 1.82) is 0 Å². The molecule has 5 aromatic rings. The first-order chi connectivity index (χ1) is 15.5. The van der Waals surface area contributed by atoms with Gasteiger partial charge in [0.05, 0.1) is 27.6 Å². The van der Waals surface area contributed by atoms with Crippen LogP contribution in [0.3, 0.4) is 0 Å². The molecule has 0 saturated carbocycles. The fourth-order valence-corrected chi connectivity index (χ4v) is 4.42. The van der Waals surface area contributed by atoms with Gasteiger partial charge in [0.25, 0.3) is 0 Å². The molecule has 1 N–H and O–H groups in total. The Morgan fingerprint density at radius 1 is 1.06 bits per heavy atom. The molecule has 6 nitrogen and oxygen atoms in total. The molecule has 1 atom stereocenters. The molecule has 0 amide bonds. The van der Waals surface area contributed by atoms with Crippen LogP contribution in [0, 0.1) is 12.7 Å². The van der Waals surface area contributed by atoms with Gasteiger partial charge in [-0.25, -0.2) is 19.3 Å². The maximum atomic E-state index is 14.5. The maximum Gasteiger partial charge on any atom is 0.131 e. The number of nitrogens with one attached hydrogen (secondary N) is 1. The zero-order valence-corrected chi connectivity index (χ0v) is 18.7. The van der Waals surface area contributed by atoms with Gasteiger partial charge in [-0.15, -0.1) is 11.3 Å². The number of benzene rings is 2. The van der Waals surface area contributed by atoms with E-state index in [0.717, 1.165) is 38.4 Å². The van der Waals surface area contributed by atoms with Crippen molar-refractivity contribution < 1.29 is 4.39 Å². The number of rotatable bonds is 5. The summed E-state index contributed by atoms with van der Waals surface area (Å²) in [6.45, 7) is 3.91. The molecule has 2 aromatic carbocycles. The Labute approximate surface area is 188 Å². The molecule has 1 unspecified atom stereocenters. The second-order valence-corrected chi connectivity index (χ2v) is 8.61. The fraction of sp³-hybridized carbons (Fsp3) is 0.167. The van der Waals surface area contributed by atoms with E-state index in [-0.39, 0.29) is 11.9 Å². The molecule has 8 heteroatoms. The molecular formula is C24H21FN6S. The topological polar surface area (TPSA) is 68.5 Å². The molecule has 160 valence electrons. The van der Waals surface area contributed by atoms with Gasteiger partial charge in [0.2, 0.25) is 0 Å². The second kappa shape index (κ2) is 8.12. The molecule has 0 aliphatic heterocycles. The van der Waals surface area contributed by atoms with Gasteiger partial charge >= 0.3 is 0 Å². The van der Waals surface area contributed by atoms with Crippen LogP contribution >= 0.6 is 11.3 Å². The van der Waals surface area contributed by atoms with Crippen molar-refractivity contribution in [3.63, 3.8) is 0 Å². The van der Waals surface area contributed by atoms with Crippen molar-refractivity contribution in [2.24, 2.45) is 7.05 Å². The molecule has 32 heavy (non-hydrogen) atoms. The molecule has 0 saturated heterocycles. The SMILES string of the molecule is Cc1nc(NC(C)c2ccc(F)c(-c3cnn(C)c3)c2)cc(-c2ccc3ncsc3c2)n1. The van der Waals surface area contributed by atoms with Crippen molar-refractivity contribution in [3.8, 4) is 22.4 Å². The molecule has 3 heterocycles. The molecule has 3 aromatic heterocycles. The van der Waals surface area contributed by atoms with Crippen molar-refractivity contribution in [3.05, 3.63) is 77.6 Å². The van der Waals surface area contributed by atoms with Crippen LogP contribution in [-0.4, -0.2) is 24.7 Å².